The number of carbonyl (C=O) groups is 1. The Morgan fingerprint density at radius 1 is 1.38 bits per heavy atom. The summed E-state index contributed by atoms with van der Waals surface area (Å²) in [7, 11) is 0. The number of nitrogens with one attached hydrogen (secondary N) is 1. The van der Waals surface area contributed by atoms with Crippen LogP contribution >= 0.6 is 0 Å². The molecule has 0 aliphatic carbocycles. The summed E-state index contributed by atoms with van der Waals surface area (Å²) in [6.45, 7) is 7.86. The van der Waals surface area contributed by atoms with Crippen molar-refractivity contribution in [3.8, 4) is 5.82 Å². The molecular weight excluding hydrogens is 304 g/mol. The van der Waals surface area contributed by atoms with Gasteiger partial charge in [-0.05, 0) is 31.9 Å². The predicted molar refractivity (Wildman–Crippen MR) is 93.0 cm³/mol. The van der Waals surface area contributed by atoms with Gasteiger partial charge >= 0.3 is 0 Å². The Bertz CT molecular complexity index is 682. The van der Waals surface area contributed by atoms with Crippen molar-refractivity contribution in [1.82, 2.24) is 20.1 Å². The minimum Gasteiger partial charge on any atom is -0.394 e. The highest BCUT2D eigenvalue weighted by Crippen LogP contribution is 2.17. The number of aliphatic hydroxyl groups excluding tert-OH is 1. The monoisotopic (exact) mass is 330 g/mol. The molecule has 0 aliphatic rings. The van der Waals surface area contributed by atoms with Gasteiger partial charge in [-0.15, -0.1) is 0 Å². The Labute approximate surface area is 142 Å². The van der Waals surface area contributed by atoms with Crippen molar-refractivity contribution in [3.05, 3.63) is 41.3 Å². The number of pyridine rings is 1. The Morgan fingerprint density at radius 3 is 2.71 bits per heavy atom. The van der Waals surface area contributed by atoms with Crippen LogP contribution in [0.5, 0.6) is 0 Å². The fourth-order valence-electron chi connectivity index (χ4n) is 2.70. The third-order valence-corrected chi connectivity index (χ3v) is 4.52. The molecule has 0 saturated heterocycles. The van der Waals surface area contributed by atoms with Crippen molar-refractivity contribution < 1.29 is 9.90 Å². The van der Waals surface area contributed by atoms with Crippen LogP contribution in [0, 0.1) is 19.8 Å². The van der Waals surface area contributed by atoms with Crippen LogP contribution in [0.3, 0.4) is 0 Å². The van der Waals surface area contributed by atoms with E-state index in [1.54, 1.807) is 10.9 Å². The molecule has 0 unspecified atom stereocenters. The van der Waals surface area contributed by atoms with Crippen molar-refractivity contribution in [2.24, 2.45) is 5.92 Å². The molecule has 0 spiro atoms. The Hall–Kier alpha value is -2.21. The second kappa shape index (κ2) is 8.06. The first kappa shape index (κ1) is 18.1. The SMILES string of the molecule is CC[C@@H](C)[C@H](CO)NC(=O)Cc1c(C)nn(-c2ccccn2)c1C. The van der Waals surface area contributed by atoms with Gasteiger partial charge in [0.2, 0.25) is 5.91 Å². The molecule has 0 bridgehead atoms. The van der Waals surface area contributed by atoms with E-state index in [0.29, 0.717) is 0 Å². The van der Waals surface area contributed by atoms with Crippen molar-refractivity contribution in [1.29, 1.82) is 0 Å². The standard InChI is InChI=1S/C18H26N4O2/c1-5-12(2)16(11-23)20-18(24)10-15-13(3)21-22(14(15)4)17-8-6-7-9-19-17/h6-9,12,16,23H,5,10-11H2,1-4H3,(H,20,24)/t12-,16+/m1/s1. The molecule has 6 heteroatoms. The van der Waals surface area contributed by atoms with Crippen LogP contribution < -0.4 is 5.32 Å². The molecule has 130 valence electrons. The average molecular weight is 330 g/mol. The molecule has 1 amide bonds. The van der Waals surface area contributed by atoms with Gasteiger partial charge < -0.3 is 10.4 Å². The molecule has 2 N–H and O–H groups in total. The number of nitrogens with zero attached hydrogens (tertiary/aromatic N) is 3. The van der Waals surface area contributed by atoms with Gasteiger partial charge in [0.15, 0.2) is 5.82 Å². The molecule has 2 aromatic heterocycles. The lowest BCUT2D eigenvalue weighted by Crippen LogP contribution is -2.42. The van der Waals surface area contributed by atoms with Crippen molar-refractivity contribution in [3.63, 3.8) is 0 Å². The fourth-order valence-corrected chi connectivity index (χ4v) is 2.70. The average Bonchev–Trinajstić information content (AvgIpc) is 2.88. The second-order valence-corrected chi connectivity index (χ2v) is 6.17. The number of rotatable bonds is 7. The Balaban J connectivity index is 2.16. The number of hydrogen-bond donors (Lipinski definition) is 2. The largest absolute Gasteiger partial charge is 0.394 e. The predicted octanol–water partition coefficient (Wildman–Crippen LogP) is 1.95. The lowest BCUT2D eigenvalue weighted by atomic mass is 9.99. The number of aliphatic hydroxyl groups is 1. The molecular formula is C18H26N4O2. The molecule has 0 aliphatic heterocycles. The summed E-state index contributed by atoms with van der Waals surface area (Å²) in [6.07, 6.45) is 2.87. The van der Waals surface area contributed by atoms with E-state index in [4.69, 9.17) is 0 Å². The maximum atomic E-state index is 12.4. The van der Waals surface area contributed by atoms with E-state index in [2.05, 4.69) is 15.4 Å². The van der Waals surface area contributed by atoms with Crippen LogP contribution in [-0.4, -0.2) is 38.4 Å². The molecule has 2 atom stereocenters. The number of hydrogen-bond acceptors (Lipinski definition) is 4. The number of aryl methyl sites for hydroxylation is 1. The summed E-state index contributed by atoms with van der Waals surface area (Å²) < 4.78 is 1.76. The molecule has 6 nitrogen and oxygen atoms in total. The first-order chi connectivity index (χ1) is 11.5. The second-order valence-electron chi connectivity index (χ2n) is 6.17. The van der Waals surface area contributed by atoms with Crippen LogP contribution in [0.1, 0.15) is 37.2 Å². The van der Waals surface area contributed by atoms with Crippen LogP contribution in [0.2, 0.25) is 0 Å². The minimum atomic E-state index is -0.214. The summed E-state index contributed by atoms with van der Waals surface area (Å²) in [5, 5.41) is 16.9. The summed E-state index contributed by atoms with van der Waals surface area (Å²) in [4.78, 5) is 16.7. The van der Waals surface area contributed by atoms with E-state index in [1.165, 1.54) is 0 Å². The highest BCUT2D eigenvalue weighted by Gasteiger charge is 2.20. The Morgan fingerprint density at radius 2 is 2.12 bits per heavy atom. The van der Waals surface area contributed by atoms with E-state index < -0.39 is 0 Å². The van der Waals surface area contributed by atoms with E-state index in [9.17, 15) is 9.90 Å². The first-order valence-corrected chi connectivity index (χ1v) is 8.34. The normalized spacial score (nSPS) is 13.5. The maximum absolute atomic E-state index is 12.4. The molecule has 2 rings (SSSR count). The van der Waals surface area contributed by atoms with Gasteiger partial charge in [0, 0.05) is 17.5 Å². The molecule has 2 heterocycles. The van der Waals surface area contributed by atoms with Gasteiger partial charge in [-0.25, -0.2) is 9.67 Å². The quantitative estimate of drug-likeness (QED) is 0.813. The minimum absolute atomic E-state index is 0.0497. The summed E-state index contributed by atoms with van der Waals surface area (Å²) >= 11 is 0. The van der Waals surface area contributed by atoms with E-state index in [-0.39, 0.29) is 30.9 Å². The van der Waals surface area contributed by atoms with E-state index in [0.717, 1.165) is 29.2 Å². The molecule has 0 fully saturated rings. The molecule has 0 radical (unpaired) electrons. The fraction of sp³-hybridized carbons (Fsp3) is 0.500. The maximum Gasteiger partial charge on any atom is 0.224 e. The van der Waals surface area contributed by atoms with Gasteiger partial charge in [-0.1, -0.05) is 26.3 Å². The Kier molecular flexibility index (Phi) is 6.09. The first-order valence-electron chi connectivity index (χ1n) is 8.34. The van der Waals surface area contributed by atoms with Gasteiger partial charge in [0.05, 0.1) is 24.8 Å². The van der Waals surface area contributed by atoms with E-state index in [1.807, 2.05) is 45.9 Å². The van der Waals surface area contributed by atoms with Crippen LogP contribution in [0.25, 0.3) is 5.82 Å². The zero-order valence-electron chi connectivity index (χ0n) is 14.8. The number of aromatic nitrogens is 3. The van der Waals surface area contributed by atoms with Crippen LogP contribution in [0.4, 0.5) is 0 Å². The number of amides is 1. The van der Waals surface area contributed by atoms with Crippen LogP contribution in [0.15, 0.2) is 24.4 Å². The van der Waals surface area contributed by atoms with Crippen molar-refractivity contribution >= 4 is 5.91 Å². The molecule has 2 aromatic rings. The smallest absolute Gasteiger partial charge is 0.224 e. The van der Waals surface area contributed by atoms with Crippen LogP contribution in [-0.2, 0) is 11.2 Å². The zero-order chi connectivity index (χ0) is 17.7. The summed E-state index contributed by atoms with van der Waals surface area (Å²) in [6, 6.07) is 5.43. The summed E-state index contributed by atoms with van der Waals surface area (Å²) in [5.74, 6) is 0.871. The van der Waals surface area contributed by atoms with Crippen molar-refractivity contribution in [2.75, 3.05) is 6.61 Å². The van der Waals surface area contributed by atoms with Crippen molar-refractivity contribution in [2.45, 2.75) is 46.6 Å². The zero-order valence-corrected chi connectivity index (χ0v) is 14.8. The van der Waals surface area contributed by atoms with Gasteiger partial charge in [0.25, 0.3) is 0 Å². The molecule has 24 heavy (non-hydrogen) atoms. The molecule has 0 saturated carbocycles. The third-order valence-electron chi connectivity index (χ3n) is 4.52. The summed E-state index contributed by atoms with van der Waals surface area (Å²) in [5.41, 5.74) is 2.63. The lowest BCUT2D eigenvalue weighted by molar-refractivity contribution is -0.121. The van der Waals surface area contributed by atoms with Gasteiger partial charge in [-0.2, -0.15) is 5.10 Å². The third kappa shape index (κ3) is 4.00. The molecule has 0 aromatic carbocycles. The topological polar surface area (TPSA) is 80.0 Å². The highest BCUT2D eigenvalue weighted by molar-refractivity contribution is 5.79. The highest BCUT2D eigenvalue weighted by atomic mass is 16.3. The number of carbonyl (C=O) groups excluding carboxylic acids is 1. The lowest BCUT2D eigenvalue weighted by Gasteiger charge is -2.22. The van der Waals surface area contributed by atoms with Gasteiger partial charge in [-0.3, -0.25) is 4.79 Å². The van der Waals surface area contributed by atoms with E-state index >= 15 is 0 Å². The van der Waals surface area contributed by atoms with Gasteiger partial charge in [0.1, 0.15) is 0 Å².